The first-order chi connectivity index (χ1) is 10.1. The van der Waals surface area contributed by atoms with Crippen molar-refractivity contribution in [1.82, 2.24) is 9.78 Å². The number of aliphatic hydroxyl groups excluding tert-OH is 1. The molecule has 112 valence electrons. The zero-order chi connectivity index (χ0) is 15.0. The van der Waals surface area contributed by atoms with Gasteiger partial charge in [0.15, 0.2) is 0 Å². The van der Waals surface area contributed by atoms with Crippen molar-refractivity contribution in [2.24, 2.45) is 7.05 Å². The predicted molar refractivity (Wildman–Crippen MR) is 81.6 cm³/mol. The van der Waals surface area contributed by atoms with Crippen LogP contribution >= 0.6 is 0 Å². The van der Waals surface area contributed by atoms with Gasteiger partial charge in [-0.3, -0.25) is 4.68 Å². The van der Waals surface area contributed by atoms with E-state index in [1.807, 2.05) is 30.8 Å². The minimum absolute atomic E-state index is 0.435. The number of nitrogens with zero attached hydrogens (tertiary/aromatic N) is 2. The number of hydrogen-bond acceptors (Lipinski definition) is 3. The monoisotopic (exact) mass is 286 g/mol. The summed E-state index contributed by atoms with van der Waals surface area (Å²) in [7, 11) is 1.96. The van der Waals surface area contributed by atoms with Crippen LogP contribution in [0.3, 0.4) is 0 Å². The molecule has 1 N–H and O–H groups in total. The maximum absolute atomic E-state index is 10.4. The van der Waals surface area contributed by atoms with Crippen molar-refractivity contribution in [2.45, 2.75) is 39.2 Å². The van der Waals surface area contributed by atoms with Crippen LogP contribution in [0.15, 0.2) is 18.2 Å². The Bertz CT molecular complexity index is 661. The number of ether oxygens (including phenoxy) is 1. The molecule has 0 fully saturated rings. The fraction of sp³-hybridized carbons (Fsp3) is 0.471. The highest BCUT2D eigenvalue weighted by Crippen LogP contribution is 2.30. The van der Waals surface area contributed by atoms with Crippen LogP contribution in [-0.4, -0.2) is 21.5 Å². The molecule has 1 atom stereocenters. The number of aryl methyl sites for hydroxylation is 2. The Morgan fingerprint density at radius 3 is 2.90 bits per heavy atom. The fourth-order valence-electron chi connectivity index (χ4n) is 3.04. The number of benzene rings is 1. The lowest BCUT2D eigenvalue weighted by Gasteiger charge is -2.12. The number of fused-ring (bicyclic) bond motifs is 1. The number of rotatable bonds is 4. The van der Waals surface area contributed by atoms with Gasteiger partial charge in [0.05, 0.1) is 18.4 Å². The predicted octanol–water partition coefficient (Wildman–Crippen LogP) is 2.64. The van der Waals surface area contributed by atoms with Crippen LogP contribution in [0.2, 0.25) is 0 Å². The highest BCUT2D eigenvalue weighted by Gasteiger charge is 2.17. The Hall–Kier alpha value is -1.81. The van der Waals surface area contributed by atoms with Crippen molar-refractivity contribution >= 4 is 0 Å². The molecule has 1 unspecified atom stereocenters. The molecular formula is C17H22N2O2. The smallest absolute Gasteiger partial charge is 0.122 e. The molecule has 2 heterocycles. The van der Waals surface area contributed by atoms with E-state index in [1.165, 1.54) is 16.8 Å². The Morgan fingerprint density at radius 2 is 2.19 bits per heavy atom. The topological polar surface area (TPSA) is 47.3 Å². The van der Waals surface area contributed by atoms with Gasteiger partial charge in [-0.1, -0.05) is 6.07 Å². The zero-order valence-electron chi connectivity index (χ0n) is 12.9. The fourth-order valence-corrected chi connectivity index (χ4v) is 3.04. The highest BCUT2D eigenvalue weighted by molar-refractivity contribution is 5.40. The minimum atomic E-state index is -0.435. The maximum atomic E-state index is 10.4. The molecule has 1 aliphatic heterocycles. The summed E-state index contributed by atoms with van der Waals surface area (Å²) in [6.45, 7) is 4.86. The van der Waals surface area contributed by atoms with Crippen molar-refractivity contribution in [1.29, 1.82) is 0 Å². The molecule has 0 saturated heterocycles. The van der Waals surface area contributed by atoms with Gasteiger partial charge in [-0.25, -0.2) is 0 Å². The van der Waals surface area contributed by atoms with Gasteiger partial charge in [0, 0.05) is 19.2 Å². The van der Waals surface area contributed by atoms with Crippen molar-refractivity contribution in [3.05, 3.63) is 46.3 Å². The molecule has 3 rings (SSSR count). The molecule has 0 saturated carbocycles. The summed E-state index contributed by atoms with van der Waals surface area (Å²) < 4.78 is 7.41. The van der Waals surface area contributed by atoms with E-state index in [-0.39, 0.29) is 0 Å². The third kappa shape index (κ3) is 2.68. The third-order valence-corrected chi connectivity index (χ3v) is 4.42. The lowest BCUT2D eigenvalue weighted by molar-refractivity contribution is 0.167. The summed E-state index contributed by atoms with van der Waals surface area (Å²) >= 11 is 0. The largest absolute Gasteiger partial charge is 0.493 e. The molecule has 4 heteroatoms. The molecule has 4 nitrogen and oxygen atoms in total. The standard InChI is InChI=1S/C17H22N2O2/c1-11-15(12(2)19(3)18-11)5-6-16(20)13-4-7-17-14(10-13)8-9-21-17/h4,7,10,16,20H,5-6,8-9H2,1-3H3. The summed E-state index contributed by atoms with van der Waals surface area (Å²) in [4.78, 5) is 0. The van der Waals surface area contributed by atoms with E-state index in [2.05, 4.69) is 18.1 Å². The number of aliphatic hydroxyl groups is 1. The van der Waals surface area contributed by atoms with E-state index in [1.54, 1.807) is 0 Å². The molecular weight excluding hydrogens is 264 g/mol. The molecule has 21 heavy (non-hydrogen) atoms. The summed E-state index contributed by atoms with van der Waals surface area (Å²) in [5.41, 5.74) is 5.69. The Balaban J connectivity index is 1.70. The second-order valence-corrected chi connectivity index (χ2v) is 5.79. The maximum Gasteiger partial charge on any atom is 0.122 e. The molecule has 0 amide bonds. The van der Waals surface area contributed by atoms with Crippen LogP contribution in [0.1, 0.15) is 40.6 Å². The molecule has 0 spiro atoms. The molecule has 1 aromatic heterocycles. The van der Waals surface area contributed by atoms with Crippen molar-refractivity contribution < 1.29 is 9.84 Å². The average Bonchev–Trinajstić information content (AvgIpc) is 3.02. The van der Waals surface area contributed by atoms with Gasteiger partial charge < -0.3 is 9.84 Å². The van der Waals surface area contributed by atoms with E-state index in [0.717, 1.165) is 36.5 Å². The van der Waals surface area contributed by atoms with E-state index in [4.69, 9.17) is 4.74 Å². The van der Waals surface area contributed by atoms with Crippen molar-refractivity contribution in [2.75, 3.05) is 6.61 Å². The molecule has 0 bridgehead atoms. The van der Waals surface area contributed by atoms with Gasteiger partial charge >= 0.3 is 0 Å². The molecule has 1 aliphatic rings. The second-order valence-electron chi connectivity index (χ2n) is 5.79. The SMILES string of the molecule is Cc1nn(C)c(C)c1CCC(O)c1ccc2c(c1)CCO2. The third-order valence-electron chi connectivity index (χ3n) is 4.42. The molecule has 1 aromatic carbocycles. The van der Waals surface area contributed by atoms with E-state index >= 15 is 0 Å². The van der Waals surface area contributed by atoms with Crippen LogP contribution < -0.4 is 4.74 Å². The summed E-state index contributed by atoms with van der Waals surface area (Å²) in [5, 5.41) is 14.9. The summed E-state index contributed by atoms with van der Waals surface area (Å²) in [6, 6.07) is 6.02. The van der Waals surface area contributed by atoms with Crippen LogP contribution in [0.5, 0.6) is 5.75 Å². The lowest BCUT2D eigenvalue weighted by atomic mass is 9.98. The first-order valence-corrected chi connectivity index (χ1v) is 7.49. The molecule has 2 aromatic rings. The van der Waals surface area contributed by atoms with Gasteiger partial charge in [-0.05, 0) is 55.5 Å². The Kier molecular flexibility index (Phi) is 3.72. The first-order valence-electron chi connectivity index (χ1n) is 7.49. The summed E-state index contributed by atoms with van der Waals surface area (Å²) in [6.07, 6.45) is 2.07. The first kappa shape index (κ1) is 14.1. The Morgan fingerprint density at radius 1 is 1.38 bits per heavy atom. The van der Waals surface area contributed by atoms with Crippen LogP contribution in [0.4, 0.5) is 0 Å². The average molecular weight is 286 g/mol. The zero-order valence-corrected chi connectivity index (χ0v) is 12.9. The van der Waals surface area contributed by atoms with E-state index in [0.29, 0.717) is 6.42 Å². The van der Waals surface area contributed by atoms with Gasteiger partial charge in [-0.15, -0.1) is 0 Å². The Labute approximate surface area is 125 Å². The summed E-state index contributed by atoms with van der Waals surface area (Å²) in [5.74, 6) is 0.963. The van der Waals surface area contributed by atoms with Gasteiger partial charge in [0.1, 0.15) is 5.75 Å². The molecule has 0 radical (unpaired) electrons. The highest BCUT2D eigenvalue weighted by atomic mass is 16.5. The minimum Gasteiger partial charge on any atom is -0.493 e. The normalized spacial score (nSPS) is 14.9. The van der Waals surface area contributed by atoms with Gasteiger partial charge in [0.25, 0.3) is 0 Å². The van der Waals surface area contributed by atoms with E-state index in [9.17, 15) is 5.11 Å². The quantitative estimate of drug-likeness (QED) is 0.940. The van der Waals surface area contributed by atoms with Crippen molar-refractivity contribution in [3.63, 3.8) is 0 Å². The van der Waals surface area contributed by atoms with Crippen LogP contribution in [0, 0.1) is 13.8 Å². The van der Waals surface area contributed by atoms with Crippen molar-refractivity contribution in [3.8, 4) is 5.75 Å². The van der Waals surface area contributed by atoms with Gasteiger partial charge in [-0.2, -0.15) is 5.10 Å². The lowest BCUT2D eigenvalue weighted by Crippen LogP contribution is -2.02. The van der Waals surface area contributed by atoms with Crippen LogP contribution in [-0.2, 0) is 19.9 Å². The van der Waals surface area contributed by atoms with E-state index < -0.39 is 6.10 Å². The number of hydrogen-bond donors (Lipinski definition) is 1. The van der Waals surface area contributed by atoms with Gasteiger partial charge in [0.2, 0.25) is 0 Å². The number of aromatic nitrogens is 2. The second kappa shape index (κ2) is 5.53. The van der Waals surface area contributed by atoms with Crippen LogP contribution in [0.25, 0.3) is 0 Å². The molecule has 0 aliphatic carbocycles.